The molecule has 0 aliphatic heterocycles. The molecule has 3 aliphatic carbocycles. The summed E-state index contributed by atoms with van der Waals surface area (Å²) in [7, 11) is 0. The summed E-state index contributed by atoms with van der Waals surface area (Å²) >= 11 is 0. The Kier molecular flexibility index (Phi) is 3.34. The predicted molar refractivity (Wildman–Crippen MR) is 72.1 cm³/mol. The first-order chi connectivity index (χ1) is 8.68. The van der Waals surface area contributed by atoms with Crippen LogP contribution < -0.4 is 5.32 Å². The number of nitriles is 1. The fourth-order valence-electron chi connectivity index (χ4n) is 2.70. The number of hydrogen-bond acceptors (Lipinski definition) is 3. The summed E-state index contributed by atoms with van der Waals surface area (Å²) in [6, 6.07) is 3.96. The third-order valence-corrected chi connectivity index (χ3v) is 4.50. The van der Waals surface area contributed by atoms with Crippen LogP contribution in [0.1, 0.15) is 51.9 Å². The lowest BCUT2D eigenvalue weighted by atomic mass is 9.99. The fourth-order valence-corrected chi connectivity index (χ4v) is 2.70. The zero-order valence-electron chi connectivity index (χ0n) is 11.5. The number of rotatable bonds is 8. The molecule has 1 atom stereocenters. The van der Waals surface area contributed by atoms with Crippen molar-refractivity contribution in [3.8, 4) is 6.07 Å². The SMILES string of the molecule is CC(C#N)(CCN(CC1CC1)C1CC1)NC1CC1. The van der Waals surface area contributed by atoms with Crippen LogP contribution in [0, 0.1) is 17.2 Å². The molecule has 0 saturated heterocycles. The molecule has 1 unspecified atom stereocenters. The van der Waals surface area contributed by atoms with Crippen LogP contribution in [-0.4, -0.2) is 35.6 Å². The van der Waals surface area contributed by atoms with Crippen LogP contribution in [0.4, 0.5) is 0 Å². The second-order valence-corrected chi connectivity index (χ2v) is 6.78. The van der Waals surface area contributed by atoms with Crippen molar-refractivity contribution in [1.29, 1.82) is 5.26 Å². The maximum Gasteiger partial charge on any atom is 0.105 e. The van der Waals surface area contributed by atoms with Gasteiger partial charge in [-0.1, -0.05) is 0 Å². The molecule has 0 heterocycles. The predicted octanol–water partition coefficient (Wildman–Crippen LogP) is 2.29. The highest BCUT2D eigenvalue weighted by Crippen LogP contribution is 2.35. The van der Waals surface area contributed by atoms with Crippen LogP contribution in [-0.2, 0) is 0 Å². The van der Waals surface area contributed by atoms with Crippen LogP contribution >= 0.6 is 0 Å². The molecule has 0 aromatic carbocycles. The van der Waals surface area contributed by atoms with Gasteiger partial charge in [-0.3, -0.25) is 5.32 Å². The zero-order chi connectivity index (χ0) is 12.6. The van der Waals surface area contributed by atoms with Gasteiger partial charge in [-0.2, -0.15) is 5.26 Å². The number of nitrogens with one attached hydrogen (secondary N) is 1. The zero-order valence-corrected chi connectivity index (χ0v) is 11.5. The molecule has 0 amide bonds. The fraction of sp³-hybridized carbons (Fsp3) is 0.933. The lowest BCUT2D eigenvalue weighted by Crippen LogP contribution is -2.45. The van der Waals surface area contributed by atoms with E-state index in [0.29, 0.717) is 6.04 Å². The second kappa shape index (κ2) is 4.83. The van der Waals surface area contributed by atoms with E-state index < -0.39 is 0 Å². The average Bonchev–Trinajstić information content (AvgIpc) is 3.18. The minimum absolute atomic E-state index is 0.308. The van der Waals surface area contributed by atoms with Gasteiger partial charge in [-0.05, 0) is 57.8 Å². The molecule has 0 spiro atoms. The Bertz CT molecular complexity index is 336. The maximum absolute atomic E-state index is 9.39. The maximum atomic E-state index is 9.39. The Morgan fingerprint density at radius 2 is 1.94 bits per heavy atom. The van der Waals surface area contributed by atoms with Gasteiger partial charge in [0.2, 0.25) is 0 Å². The summed E-state index contributed by atoms with van der Waals surface area (Å²) in [4.78, 5) is 2.65. The minimum atomic E-state index is -0.308. The lowest BCUT2D eigenvalue weighted by Gasteiger charge is -2.28. The summed E-state index contributed by atoms with van der Waals surface area (Å²) in [6.07, 6.45) is 9.11. The molecule has 1 N–H and O–H groups in total. The normalized spacial score (nSPS) is 26.9. The quantitative estimate of drug-likeness (QED) is 0.715. The van der Waals surface area contributed by atoms with Crippen molar-refractivity contribution in [1.82, 2.24) is 10.2 Å². The molecule has 0 radical (unpaired) electrons. The van der Waals surface area contributed by atoms with Gasteiger partial charge in [-0.25, -0.2) is 0 Å². The van der Waals surface area contributed by atoms with Crippen molar-refractivity contribution >= 4 is 0 Å². The van der Waals surface area contributed by atoms with E-state index in [1.165, 1.54) is 45.1 Å². The smallest absolute Gasteiger partial charge is 0.105 e. The number of nitrogens with zero attached hydrogens (tertiary/aromatic N) is 2. The molecule has 3 saturated carbocycles. The second-order valence-electron chi connectivity index (χ2n) is 6.78. The summed E-state index contributed by atoms with van der Waals surface area (Å²) in [5, 5.41) is 12.9. The lowest BCUT2D eigenvalue weighted by molar-refractivity contribution is 0.226. The van der Waals surface area contributed by atoms with Crippen LogP contribution in [0.3, 0.4) is 0 Å². The van der Waals surface area contributed by atoms with Crippen LogP contribution in [0.15, 0.2) is 0 Å². The summed E-state index contributed by atoms with van der Waals surface area (Å²) in [5.41, 5.74) is -0.308. The molecule has 0 aromatic rings. The van der Waals surface area contributed by atoms with Crippen molar-refractivity contribution in [2.24, 2.45) is 5.92 Å². The van der Waals surface area contributed by atoms with Gasteiger partial charge in [0.15, 0.2) is 0 Å². The van der Waals surface area contributed by atoms with Gasteiger partial charge in [0.05, 0.1) is 6.07 Å². The molecule has 0 bridgehead atoms. The van der Waals surface area contributed by atoms with E-state index in [1.807, 2.05) is 0 Å². The highest BCUT2D eigenvalue weighted by Gasteiger charge is 2.36. The molecule has 3 nitrogen and oxygen atoms in total. The van der Waals surface area contributed by atoms with Crippen molar-refractivity contribution in [2.45, 2.75) is 69.5 Å². The van der Waals surface area contributed by atoms with Gasteiger partial charge in [-0.15, -0.1) is 0 Å². The standard InChI is InChI=1S/C15H25N3/c1-15(11-16,17-13-4-5-13)8-9-18(14-6-7-14)10-12-2-3-12/h12-14,17H,2-10H2,1H3. The molecule has 3 aliphatic rings. The highest BCUT2D eigenvalue weighted by atomic mass is 15.2. The van der Waals surface area contributed by atoms with Crippen molar-refractivity contribution in [3.05, 3.63) is 0 Å². The largest absolute Gasteiger partial charge is 0.300 e. The van der Waals surface area contributed by atoms with Crippen LogP contribution in [0.2, 0.25) is 0 Å². The molecule has 0 aromatic heterocycles. The first-order valence-electron chi connectivity index (χ1n) is 7.61. The van der Waals surface area contributed by atoms with Crippen LogP contribution in [0.25, 0.3) is 0 Å². The Morgan fingerprint density at radius 3 is 2.44 bits per heavy atom. The molecule has 3 heteroatoms. The molecular weight excluding hydrogens is 222 g/mol. The molecule has 100 valence electrons. The summed E-state index contributed by atoms with van der Waals surface area (Å²) < 4.78 is 0. The third-order valence-electron chi connectivity index (χ3n) is 4.50. The van der Waals surface area contributed by atoms with Crippen LogP contribution in [0.5, 0.6) is 0 Å². The third kappa shape index (κ3) is 3.46. The van der Waals surface area contributed by atoms with Gasteiger partial charge in [0.25, 0.3) is 0 Å². The minimum Gasteiger partial charge on any atom is -0.300 e. The Labute approximate surface area is 111 Å². The number of hydrogen-bond donors (Lipinski definition) is 1. The van der Waals surface area contributed by atoms with E-state index in [2.05, 4.69) is 23.2 Å². The van der Waals surface area contributed by atoms with Gasteiger partial charge >= 0.3 is 0 Å². The molecule has 3 fully saturated rings. The van der Waals surface area contributed by atoms with E-state index in [1.54, 1.807) is 0 Å². The monoisotopic (exact) mass is 247 g/mol. The van der Waals surface area contributed by atoms with Crippen molar-refractivity contribution in [3.63, 3.8) is 0 Å². The van der Waals surface area contributed by atoms with E-state index in [0.717, 1.165) is 24.9 Å². The molecule has 18 heavy (non-hydrogen) atoms. The summed E-state index contributed by atoms with van der Waals surface area (Å²) in [6.45, 7) is 4.47. The Hall–Kier alpha value is -0.590. The molecule has 3 rings (SSSR count). The van der Waals surface area contributed by atoms with Crippen molar-refractivity contribution in [2.75, 3.05) is 13.1 Å². The van der Waals surface area contributed by atoms with E-state index in [9.17, 15) is 5.26 Å². The highest BCUT2D eigenvalue weighted by molar-refractivity contribution is 5.07. The van der Waals surface area contributed by atoms with Gasteiger partial charge in [0, 0.05) is 25.2 Å². The topological polar surface area (TPSA) is 39.1 Å². The Balaban J connectivity index is 1.48. The van der Waals surface area contributed by atoms with Gasteiger partial charge < -0.3 is 4.90 Å². The first kappa shape index (κ1) is 12.4. The molecular formula is C15H25N3. The Morgan fingerprint density at radius 1 is 1.22 bits per heavy atom. The summed E-state index contributed by atoms with van der Waals surface area (Å²) in [5.74, 6) is 0.968. The van der Waals surface area contributed by atoms with E-state index >= 15 is 0 Å². The van der Waals surface area contributed by atoms with Crippen molar-refractivity contribution < 1.29 is 0 Å². The van der Waals surface area contributed by atoms with Gasteiger partial charge in [0.1, 0.15) is 5.54 Å². The first-order valence-corrected chi connectivity index (χ1v) is 7.61. The van der Waals surface area contributed by atoms with E-state index in [4.69, 9.17) is 0 Å². The average molecular weight is 247 g/mol. The van der Waals surface area contributed by atoms with E-state index in [-0.39, 0.29) is 5.54 Å².